The molecule has 0 bridgehead atoms. The molecule has 5 aliphatic rings. The van der Waals surface area contributed by atoms with Crippen LogP contribution < -0.4 is 21.8 Å². The van der Waals surface area contributed by atoms with Crippen molar-refractivity contribution in [3.63, 3.8) is 0 Å². The van der Waals surface area contributed by atoms with Crippen LogP contribution in [0.3, 0.4) is 0 Å². The average molecular weight is 581 g/mol. The minimum Gasteiger partial charge on any atom is -0.366 e. The summed E-state index contributed by atoms with van der Waals surface area (Å²) < 4.78 is 15.6. The fourth-order valence-electron chi connectivity index (χ4n) is 5.60. The molecule has 218 valence electrons. The van der Waals surface area contributed by atoms with Crippen molar-refractivity contribution in [3.8, 4) is 0 Å². The number of benzene rings is 1. The fourth-order valence-corrected chi connectivity index (χ4v) is 5.60. The number of nitrogens with one attached hydrogen (secondary N) is 3. The van der Waals surface area contributed by atoms with Gasteiger partial charge in [-0.1, -0.05) is 0 Å². The number of piperazine rings is 1. The standard InChI is InChI=1S/C25H25FN10O6/c26-16-9-14-13(21(39)36(22(14)40)17-2-3-19(37)31-20(17)38)8-15(16)18-10-28-6-7-34(18)24(42)33-11-30-35(12-33)25(23(27)41)4-1-5-29-32-25/h1,4-5,8-9,11,17-18,28,32H,2-3,6-7,10,12H2,(H2,27,41)(H,31,37,38). The van der Waals surface area contributed by atoms with E-state index in [4.69, 9.17) is 5.73 Å². The number of primary amides is 1. The normalized spacial score (nSPS) is 27.0. The van der Waals surface area contributed by atoms with Crippen LogP contribution in [-0.2, 0) is 14.4 Å². The second-order valence-corrected chi connectivity index (χ2v) is 10.2. The van der Waals surface area contributed by atoms with Crippen LogP contribution in [0.4, 0.5) is 9.18 Å². The smallest absolute Gasteiger partial charge is 0.327 e. The molecule has 17 heteroatoms. The van der Waals surface area contributed by atoms with Crippen LogP contribution in [0.15, 0.2) is 34.5 Å². The molecule has 5 heterocycles. The number of hydrazone groups is 2. The van der Waals surface area contributed by atoms with Gasteiger partial charge in [0.15, 0.2) is 0 Å². The van der Waals surface area contributed by atoms with Crippen molar-refractivity contribution in [2.45, 2.75) is 30.6 Å². The van der Waals surface area contributed by atoms with Gasteiger partial charge in [0.25, 0.3) is 17.7 Å². The van der Waals surface area contributed by atoms with Gasteiger partial charge in [-0.15, -0.1) is 0 Å². The summed E-state index contributed by atoms with van der Waals surface area (Å²) in [5.74, 6) is -4.52. The predicted molar refractivity (Wildman–Crippen MR) is 141 cm³/mol. The van der Waals surface area contributed by atoms with Crippen LogP contribution in [0.5, 0.6) is 0 Å². The summed E-state index contributed by atoms with van der Waals surface area (Å²) in [6.45, 7) is 0.530. The molecule has 16 nitrogen and oxygen atoms in total. The molecule has 3 atom stereocenters. The Hall–Kier alpha value is -5.19. The summed E-state index contributed by atoms with van der Waals surface area (Å²) in [6.07, 6.45) is 5.52. The summed E-state index contributed by atoms with van der Waals surface area (Å²) in [6, 6.07) is -0.463. The first-order valence-electron chi connectivity index (χ1n) is 13.0. The van der Waals surface area contributed by atoms with E-state index >= 15 is 4.39 Å². The van der Waals surface area contributed by atoms with E-state index in [1.165, 1.54) is 45.6 Å². The molecule has 42 heavy (non-hydrogen) atoms. The van der Waals surface area contributed by atoms with Gasteiger partial charge >= 0.3 is 6.03 Å². The molecule has 2 fully saturated rings. The molecule has 1 aromatic rings. The first-order chi connectivity index (χ1) is 20.1. The first-order valence-corrected chi connectivity index (χ1v) is 13.0. The number of piperidine rings is 1. The largest absolute Gasteiger partial charge is 0.366 e. The zero-order chi connectivity index (χ0) is 29.8. The highest BCUT2D eigenvalue weighted by atomic mass is 19.1. The lowest BCUT2D eigenvalue weighted by molar-refractivity contribution is -0.136. The van der Waals surface area contributed by atoms with E-state index < -0.39 is 59.1 Å². The quantitative estimate of drug-likeness (QED) is 0.295. The maximum Gasteiger partial charge on any atom is 0.327 e. The third-order valence-electron chi connectivity index (χ3n) is 7.78. The van der Waals surface area contributed by atoms with E-state index in [0.29, 0.717) is 6.54 Å². The number of halogens is 1. The number of amides is 7. The summed E-state index contributed by atoms with van der Waals surface area (Å²) >= 11 is 0. The Morgan fingerprint density at radius 1 is 1.10 bits per heavy atom. The Balaban J connectivity index is 1.25. The molecular formula is C25H25FN10O6. The number of carbonyl (C=O) groups excluding carboxylic acids is 6. The molecule has 3 unspecified atom stereocenters. The SMILES string of the molecule is NC(=O)C1(N2CN(C(=O)N3CCNCC3c3cc4c(cc3F)C(=O)N(C3CCC(=O)NC3=O)C4=O)C=N2)C=CC=NN1. The van der Waals surface area contributed by atoms with Crippen LogP contribution >= 0.6 is 0 Å². The topological polar surface area (TPSA) is 202 Å². The fraction of sp³-hybridized carbons (Fsp3) is 0.360. The number of nitrogens with zero attached hydrogens (tertiary/aromatic N) is 6. The van der Waals surface area contributed by atoms with Crippen LogP contribution in [0, 0.1) is 5.82 Å². The zero-order valence-electron chi connectivity index (χ0n) is 21.9. The van der Waals surface area contributed by atoms with E-state index in [2.05, 4.69) is 26.3 Å². The number of imide groups is 2. The van der Waals surface area contributed by atoms with Crippen LogP contribution in [0.2, 0.25) is 0 Å². The van der Waals surface area contributed by atoms with Gasteiger partial charge in [0.2, 0.25) is 17.5 Å². The van der Waals surface area contributed by atoms with E-state index in [1.807, 2.05) is 0 Å². The third-order valence-corrected chi connectivity index (χ3v) is 7.78. The van der Waals surface area contributed by atoms with Crippen molar-refractivity contribution < 1.29 is 33.2 Å². The van der Waals surface area contributed by atoms with Crippen molar-refractivity contribution in [1.29, 1.82) is 0 Å². The molecule has 7 amide bonds. The minimum atomic E-state index is -1.60. The zero-order valence-corrected chi connectivity index (χ0v) is 21.9. The van der Waals surface area contributed by atoms with Gasteiger partial charge < -0.3 is 16.0 Å². The molecule has 2 saturated heterocycles. The maximum absolute atomic E-state index is 15.6. The Morgan fingerprint density at radius 2 is 1.86 bits per heavy atom. The molecular weight excluding hydrogens is 555 g/mol. The van der Waals surface area contributed by atoms with Crippen LogP contribution in [0.1, 0.15) is 45.2 Å². The van der Waals surface area contributed by atoms with Gasteiger partial charge in [-0.2, -0.15) is 10.2 Å². The molecule has 6 rings (SSSR count). The van der Waals surface area contributed by atoms with Gasteiger partial charge in [-0.3, -0.25) is 44.5 Å². The van der Waals surface area contributed by atoms with E-state index in [1.54, 1.807) is 0 Å². The van der Waals surface area contributed by atoms with E-state index in [-0.39, 0.29) is 49.3 Å². The van der Waals surface area contributed by atoms with Crippen molar-refractivity contribution in [2.75, 3.05) is 26.3 Å². The van der Waals surface area contributed by atoms with Gasteiger partial charge in [0, 0.05) is 37.8 Å². The van der Waals surface area contributed by atoms with Crippen molar-refractivity contribution >= 4 is 48.1 Å². The highest BCUT2D eigenvalue weighted by Gasteiger charge is 2.47. The molecule has 0 saturated carbocycles. The van der Waals surface area contributed by atoms with Crippen molar-refractivity contribution in [3.05, 3.63) is 46.8 Å². The first kappa shape index (κ1) is 27.0. The second kappa shape index (κ2) is 10.0. The average Bonchev–Trinajstić information content (AvgIpc) is 3.57. The molecule has 5 N–H and O–H groups in total. The van der Waals surface area contributed by atoms with Crippen LogP contribution in [-0.4, -0.2) is 106 Å². The molecule has 0 aromatic heterocycles. The molecule has 1 aromatic carbocycles. The molecule has 5 aliphatic heterocycles. The number of rotatable bonds is 4. The number of hydrogen-bond donors (Lipinski definition) is 4. The molecule has 0 aliphatic carbocycles. The van der Waals surface area contributed by atoms with Crippen molar-refractivity contribution in [1.82, 2.24) is 35.8 Å². The number of urea groups is 1. The number of hydrogen-bond acceptors (Lipinski definition) is 11. The summed E-state index contributed by atoms with van der Waals surface area (Å²) in [5.41, 5.74) is 6.31. The van der Waals surface area contributed by atoms with E-state index in [9.17, 15) is 28.8 Å². The molecule has 0 radical (unpaired) electrons. The van der Waals surface area contributed by atoms with E-state index in [0.717, 1.165) is 11.0 Å². The lowest BCUT2D eigenvalue weighted by Gasteiger charge is -2.39. The third kappa shape index (κ3) is 4.16. The number of allylic oxidation sites excluding steroid dienone is 1. The van der Waals surface area contributed by atoms with Crippen molar-refractivity contribution in [2.24, 2.45) is 15.9 Å². The second-order valence-electron chi connectivity index (χ2n) is 10.2. The summed E-state index contributed by atoms with van der Waals surface area (Å²) in [4.78, 5) is 79.6. The lowest BCUT2D eigenvalue weighted by atomic mass is 9.97. The summed E-state index contributed by atoms with van der Waals surface area (Å²) in [7, 11) is 0. The lowest BCUT2D eigenvalue weighted by Crippen LogP contribution is -2.63. The number of nitrogens with two attached hydrogens (primary N) is 1. The minimum absolute atomic E-state index is 0.00612. The monoisotopic (exact) mass is 580 g/mol. The Labute approximate surface area is 237 Å². The number of fused-ring (bicyclic) bond motifs is 1. The Bertz CT molecular complexity index is 1530. The Morgan fingerprint density at radius 3 is 2.55 bits per heavy atom. The van der Waals surface area contributed by atoms with Gasteiger partial charge in [0.1, 0.15) is 24.9 Å². The highest BCUT2D eigenvalue weighted by Crippen LogP contribution is 2.34. The maximum atomic E-state index is 15.6. The molecule has 0 spiro atoms. The Kier molecular flexibility index (Phi) is 6.44. The highest BCUT2D eigenvalue weighted by molar-refractivity contribution is 6.23. The van der Waals surface area contributed by atoms with Gasteiger partial charge in [-0.05, 0) is 30.7 Å². The van der Waals surface area contributed by atoms with Crippen LogP contribution in [0.25, 0.3) is 0 Å². The predicted octanol–water partition coefficient (Wildman–Crippen LogP) is -1.86. The van der Waals surface area contributed by atoms with Gasteiger partial charge in [-0.25, -0.2) is 14.2 Å². The summed E-state index contributed by atoms with van der Waals surface area (Å²) in [5, 5.41) is 14.5. The van der Waals surface area contributed by atoms with Gasteiger partial charge in [0.05, 0.1) is 17.2 Å². The number of carbonyl (C=O) groups is 6.